The summed E-state index contributed by atoms with van der Waals surface area (Å²) >= 11 is 0. The molecule has 0 unspecified atom stereocenters. The number of amides is 3. The second-order valence-electron chi connectivity index (χ2n) is 4.67. The number of nitrogens with zero attached hydrogens (tertiary/aromatic N) is 2. The zero-order chi connectivity index (χ0) is 15.6. The van der Waals surface area contributed by atoms with E-state index < -0.39 is 11.8 Å². The number of likely N-dealkylation sites (N-methyl/N-ethyl adjacent to an activating group) is 1. The average Bonchev–Trinajstić information content (AvgIpc) is 2.47. The molecule has 110 valence electrons. The number of benzene rings is 1. The van der Waals surface area contributed by atoms with E-state index in [4.69, 9.17) is 4.74 Å². The molecule has 0 N–H and O–H groups in total. The van der Waals surface area contributed by atoms with Crippen LogP contribution in [-0.4, -0.2) is 48.2 Å². The van der Waals surface area contributed by atoms with Crippen LogP contribution in [0.1, 0.15) is 12.5 Å². The molecule has 0 radical (unpaired) electrons. The third-order valence-electron chi connectivity index (χ3n) is 3.29. The molecule has 6 heteroatoms. The zero-order valence-electron chi connectivity index (χ0n) is 12.1. The molecular formula is C15H16N2O4. The van der Waals surface area contributed by atoms with Gasteiger partial charge in [0.2, 0.25) is 11.8 Å². The highest BCUT2D eigenvalue weighted by molar-refractivity contribution is 6.12. The Labute approximate surface area is 122 Å². The van der Waals surface area contributed by atoms with Gasteiger partial charge in [0, 0.05) is 14.0 Å². The fourth-order valence-corrected chi connectivity index (χ4v) is 2.00. The minimum atomic E-state index is -0.472. The maximum Gasteiger partial charge on any atom is 0.277 e. The molecule has 1 aromatic rings. The summed E-state index contributed by atoms with van der Waals surface area (Å²) in [5.41, 5.74) is 0.913. The van der Waals surface area contributed by atoms with Gasteiger partial charge in [-0.05, 0) is 23.8 Å². The monoisotopic (exact) mass is 288 g/mol. The molecule has 0 bridgehead atoms. The van der Waals surface area contributed by atoms with Gasteiger partial charge in [0.15, 0.2) is 0 Å². The Kier molecular flexibility index (Phi) is 4.07. The Morgan fingerprint density at radius 1 is 1.24 bits per heavy atom. The number of carbonyl (C=O) groups excluding carboxylic acids is 3. The van der Waals surface area contributed by atoms with Crippen molar-refractivity contribution in [3.63, 3.8) is 0 Å². The fourth-order valence-electron chi connectivity index (χ4n) is 2.00. The first-order chi connectivity index (χ1) is 9.93. The Hall–Kier alpha value is -2.63. The van der Waals surface area contributed by atoms with Crippen molar-refractivity contribution < 1.29 is 19.1 Å². The van der Waals surface area contributed by atoms with Gasteiger partial charge in [-0.15, -0.1) is 0 Å². The van der Waals surface area contributed by atoms with Crippen LogP contribution in [0.3, 0.4) is 0 Å². The van der Waals surface area contributed by atoms with E-state index in [2.05, 4.69) is 0 Å². The summed E-state index contributed by atoms with van der Waals surface area (Å²) in [5.74, 6) is -0.519. The quantitative estimate of drug-likeness (QED) is 0.758. The lowest BCUT2D eigenvalue weighted by Crippen LogP contribution is -2.52. The van der Waals surface area contributed by atoms with Gasteiger partial charge < -0.3 is 9.64 Å². The highest BCUT2D eigenvalue weighted by Crippen LogP contribution is 2.19. The molecule has 1 saturated heterocycles. The number of rotatable bonds is 2. The molecule has 1 heterocycles. The smallest absolute Gasteiger partial charge is 0.277 e. The van der Waals surface area contributed by atoms with Gasteiger partial charge in [-0.1, -0.05) is 12.1 Å². The van der Waals surface area contributed by atoms with Crippen molar-refractivity contribution in [2.75, 3.05) is 20.7 Å². The number of piperazine rings is 1. The van der Waals surface area contributed by atoms with Crippen molar-refractivity contribution in [3.8, 4) is 5.75 Å². The zero-order valence-corrected chi connectivity index (χ0v) is 12.1. The van der Waals surface area contributed by atoms with Gasteiger partial charge in [-0.2, -0.15) is 0 Å². The minimum Gasteiger partial charge on any atom is -0.497 e. The first-order valence-electron chi connectivity index (χ1n) is 6.38. The largest absolute Gasteiger partial charge is 0.497 e. The summed E-state index contributed by atoms with van der Waals surface area (Å²) in [4.78, 5) is 37.8. The maximum absolute atomic E-state index is 12.3. The van der Waals surface area contributed by atoms with Crippen LogP contribution < -0.4 is 4.74 Å². The van der Waals surface area contributed by atoms with E-state index in [0.29, 0.717) is 5.75 Å². The number of carbonyl (C=O) groups is 3. The summed E-state index contributed by atoms with van der Waals surface area (Å²) in [7, 11) is 3.09. The molecule has 1 aromatic carbocycles. The molecule has 0 saturated carbocycles. The first kappa shape index (κ1) is 14.8. The number of methoxy groups -OCH3 is 1. The van der Waals surface area contributed by atoms with Crippen LogP contribution in [0.4, 0.5) is 0 Å². The van der Waals surface area contributed by atoms with Gasteiger partial charge in [-0.3, -0.25) is 19.3 Å². The van der Waals surface area contributed by atoms with Crippen molar-refractivity contribution in [2.45, 2.75) is 6.92 Å². The topological polar surface area (TPSA) is 66.9 Å². The van der Waals surface area contributed by atoms with E-state index >= 15 is 0 Å². The fraction of sp³-hybridized carbons (Fsp3) is 0.267. The summed E-state index contributed by atoms with van der Waals surface area (Å²) in [5, 5.41) is 0. The van der Waals surface area contributed by atoms with Crippen LogP contribution in [0.5, 0.6) is 5.75 Å². The molecular weight excluding hydrogens is 272 g/mol. The molecule has 1 aliphatic heterocycles. The summed E-state index contributed by atoms with van der Waals surface area (Å²) in [6, 6.07) is 7.04. The molecule has 1 aliphatic rings. The lowest BCUT2D eigenvalue weighted by Gasteiger charge is -2.31. The molecule has 0 aliphatic carbocycles. The van der Waals surface area contributed by atoms with E-state index in [-0.39, 0.29) is 18.1 Å². The van der Waals surface area contributed by atoms with Crippen molar-refractivity contribution in [1.82, 2.24) is 9.80 Å². The second-order valence-corrected chi connectivity index (χ2v) is 4.67. The van der Waals surface area contributed by atoms with Crippen LogP contribution in [0.25, 0.3) is 6.08 Å². The van der Waals surface area contributed by atoms with Crippen molar-refractivity contribution in [2.24, 2.45) is 0 Å². The average molecular weight is 288 g/mol. The molecule has 1 fully saturated rings. The lowest BCUT2D eigenvalue weighted by atomic mass is 10.1. The number of imide groups is 1. The maximum atomic E-state index is 12.3. The van der Waals surface area contributed by atoms with E-state index in [1.165, 1.54) is 18.9 Å². The molecule has 0 spiro atoms. The van der Waals surface area contributed by atoms with Crippen LogP contribution >= 0.6 is 0 Å². The second kappa shape index (κ2) is 5.78. The Bertz CT molecular complexity index is 619. The molecule has 6 nitrogen and oxygen atoms in total. The van der Waals surface area contributed by atoms with Crippen LogP contribution in [0, 0.1) is 0 Å². The van der Waals surface area contributed by atoms with Gasteiger partial charge >= 0.3 is 0 Å². The Morgan fingerprint density at radius 3 is 2.38 bits per heavy atom. The molecule has 3 amide bonds. The molecule has 21 heavy (non-hydrogen) atoms. The first-order valence-corrected chi connectivity index (χ1v) is 6.38. The molecule has 2 rings (SSSR count). The predicted molar refractivity (Wildman–Crippen MR) is 76.1 cm³/mol. The summed E-state index contributed by atoms with van der Waals surface area (Å²) in [6.07, 6.45) is 1.58. The van der Waals surface area contributed by atoms with E-state index in [9.17, 15) is 14.4 Å². The van der Waals surface area contributed by atoms with Gasteiger partial charge in [0.25, 0.3) is 5.91 Å². The van der Waals surface area contributed by atoms with Gasteiger partial charge in [0.05, 0.1) is 7.11 Å². The molecule has 0 atom stereocenters. The predicted octanol–water partition coefficient (Wildman–Crippen LogP) is 0.883. The highest BCUT2D eigenvalue weighted by Gasteiger charge is 2.34. The normalized spacial score (nSPS) is 17.4. The van der Waals surface area contributed by atoms with Crippen molar-refractivity contribution in [1.29, 1.82) is 0 Å². The number of hydrogen-bond donors (Lipinski definition) is 0. The van der Waals surface area contributed by atoms with Crippen molar-refractivity contribution >= 4 is 23.8 Å². The number of hydrogen-bond acceptors (Lipinski definition) is 4. The minimum absolute atomic E-state index is 0.173. The van der Waals surface area contributed by atoms with Crippen LogP contribution in [0.15, 0.2) is 30.0 Å². The molecule has 0 aromatic heterocycles. The third-order valence-corrected chi connectivity index (χ3v) is 3.29. The lowest BCUT2D eigenvalue weighted by molar-refractivity contribution is -0.151. The van der Waals surface area contributed by atoms with Crippen LogP contribution in [0.2, 0.25) is 0 Å². The number of ether oxygens (including phenoxy) is 1. The van der Waals surface area contributed by atoms with E-state index in [0.717, 1.165) is 10.5 Å². The van der Waals surface area contributed by atoms with E-state index in [1.807, 2.05) is 0 Å². The SMILES string of the molecule is COc1ccc(C=C2C(=O)N(C(C)=O)CC(=O)N2C)cc1. The summed E-state index contributed by atoms with van der Waals surface area (Å²) < 4.78 is 5.06. The Balaban J connectivity index is 2.37. The summed E-state index contributed by atoms with van der Waals surface area (Å²) in [6.45, 7) is 1.05. The van der Waals surface area contributed by atoms with Gasteiger partial charge in [0.1, 0.15) is 18.0 Å². The Morgan fingerprint density at radius 2 is 1.86 bits per heavy atom. The van der Waals surface area contributed by atoms with Crippen LogP contribution in [-0.2, 0) is 14.4 Å². The highest BCUT2D eigenvalue weighted by atomic mass is 16.5. The third kappa shape index (κ3) is 2.94. The van der Waals surface area contributed by atoms with E-state index in [1.54, 1.807) is 37.5 Å². The van der Waals surface area contributed by atoms with Crippen molar-refractivity contribution in [3.05, 3.63) is 35.5 Å². The standard InChI is InChI=1S/C15H16N2O4/c1-10(18)17-9-14(19)16(2)13(15(17)20)8-11-4-6-12(21-3)7-5-11/h4-8H,9H2,1-3H3. The van der Waals surface area contributed by atoms with Gasteiger partial charge in [-0.25, -0.2) is 0 Å².